The first kappa shape index (κ1) is 23.3. The number of aryl methyl sites for hydroxylation is 1. The molecule has 0 aliphatic rings. The van der Waals surface area contributed by atoms with Crippen LogP contribution in [0.15, 0.2) is 65.7 Å². The van der Waals surface area contributed by atoms with Crippen LogP contribution in [0, 0.1) is 6.92 Å². The summed E-state index contributed by atoms with van der Waals surface area (Å²) in [5.74, 6) is -0.722. The van der Waals surface area contributed by atoms with Crippen LogP contribution >= 0.6 is 23.2 Å². The smallest absolute Gasteiger partial charge is 0.339 e. The summed E-state index contributed by atoms with van der Waals surface area (Å²) in [6, 6.07) is 13.8. The van der Waals surface area contributed by atoms with Gasteiger partial charge in [0.25, 0.3) is 10.0 Å². The Balaban J connectivity index is 2.03. The molecule has 0 spiro atoms. The van der Waals surface area contributed by atoms with Crippen molar-refractivity contribution in [2.24, 2.45) is 0 Å². The molecule has 10 heteroatoms. The SMILES string of the molecule is COC(=O)c1ccc(Cl)c(C(O)c2cc3c(C)ccnc3n2S(=O)(=O)c2ccccc2)c1Cl. The van der Waals surface area contributed by atoms with Gasteiger partial charge in [0.05, 0.1) is 28.3 Å². The van der Waals surface area contributed by atoms with E-state index in [1.54, 1.807) is 31.2 Å². The number of pyridine rings is 1. The number of halogens is 2. The Hall–Kier alpha value is -2.91. The predicted molar refractivity (Wildman–Crippen MR) is 125 cm³/mol. The van der Waals surface area contributed by atoms with Crippen molar-refractivity contribution in [1.29, 1.82) is 0 Å². The number of aliphatic hydroxyl groups excluding tert-OH is 1. The normalized spacial score (nSPS) is 12.6. The van der Waals surface area contributed by atoms with Gasteiger partial charge in [0, 0.05) is 22.2 Å². The molecular formula is C23H18Cl2N2O5S. The molecule has 0 saturated carbocycles. The van der Waals surface area contributed by atoms with Gasteiger partial charge in [-0.05, 0) is 48.9 Å². The molecule has 2 aromatic heterocycles. The standard InChI is InChI=1S/C23H18Cl2N2O5S/c1-13-10-11-26-22-16(13)12-18(27(22)33(30,31)14-6-4-3-5-7-14)21(28)19-17(24)9-8-15(20(19)25)23(29)32-2/h3-12,21,28H,1-2H3. The Morgan fingerprint density at radius 3 is 2.48 bits per heavy atom. The van der Waals surface area contributed by atoms with Crippen LogP contribution in [0.1, 0.15) is 33.3 Å². The number of aliphatic hydroxyl groups is 1. The summed E-state index contributed by atoms with van der Waals surface area (Å²) in [5, 5.41) is 11.8. The Labute approximate surface area is 200 Å². The first-order valence-electron chi connectivity index (χ1n) is 9.70. The Kier molecular flexibility index (Phi) is 6.20. The number of fused-ring (bicyclic) bond motifs is 1. The van der Waals surface area contributed by atoms with Gasteiger partial charge in [-0.25, -0.2) is 22.2 Å². The van der Waals surface area contributed by atoms with Crippen LogP contribution in [0.25, 0.3) is 11.0 Å². The average Bonchev–Trinajstić information content (AvgIpc) is 3.21. The number of benzene rings is 2. The zero-order valence-electron chi connectivity index (χ0n) is 17.5. The van der Waals surface area contributed by atoms with Gasteiger partial charge in [0.15, 0.2) is 5.65 Å². The number of rotatable bonds is 5. The molecule has 2 heterocycles. The number of nitrogens with zero attached hydrogens (tertiary/aromatic N) is 2. The minimum atomic E-state index is -4.16. The zero-order chi connectivity index (χ0) is 23.9. The van der Waals surface area contributed by atoms with Crippen LogP contribution in [0.4, 0.5) is 0 Å². The third-order valence-electron chi connectivity index (χ3n) is 5.27. The molecule has 33 heavy (non-hydrogen) atoms. The first-order valence-corrected chi connectivity index (χ1v) is 11.9. The van der Waals surface area contributed by atoms with Crippen LogP contribution in [0.3, 0.4) is 0 Å². The minimum absolute atomic E-state index is 0.0134. The molecule has 0 bridgehead atoms. The Morgan fingerprint density at radius 1 is 1.12 bits per heavy atom. The first-order chi connectivity index (χ1) is 15.7. The van der Waals surface area contributed by atoms with Crippen molar-refractivity contribution in [2.45, 2.75) is 17.9 Å². The number of hydrogen-bond donors (Lipinski definition) is 1. The molecule has 0 aliphatic carbocycles. The monoisotopic (exact) mass is 504 g/mol. The summed E-state index contributed by atoms with van der Waals surface area (Å²) in [4.78, 5) is 16.4. The van der Waals surface area contributed by atoms with Crippen LogP contribution in [0.5, 0.6) is 0 Å². The fraction of sp³-hybridized carbons (Fsp3) is 0.130. The average molecular weight is 505 g/mol. The maximum Gasteiger partial charge on any atom is 0.339 e. The van der Waals surface area contributed by atoms with Gasteiger partial charge in [0.1, 0.15) is 6.10 Å². The Morgan fingerprint density at radius 2 is 1.82 bits per heavy atom. The summed E-state index contributed by atoms with van der Waals surface area (Å²) in [6.45, 7) is 1.80. The second-order valence-corrected chi connectivity index (χ2v) is 9.81. The number of carbonyl (C=O) groups excluding carboxylic acids is 1. The van der Waals surface area contributed by atoms with Gasteiger partial charge < -0.3 is 9.84 Å². The molecular weight excluding hydrogens is 487 g/mol. The van der Waals surface area contributed by atoms with E-state index >= 15 is 0 Å². The summed E-state index contributed by atoms with van der Waals surface area (Å²) >= 11 is 12.8. The molecule has 0 aliphatic heterocycles. The van der Waals surface area contributed by atoms with Gasteiger partial charge in [-0.2, -0.15) is 0 Å². The number of hydrogen-bond acceptors (Lipinski definition) is 6. The van der Waals surface area contributed by atoms with Crippen molar-refractivity contribution in [3.63, 3.8) is 0 Å². The zero-order valence-corrected chi connectivity index (χ0v) is 19.8. The van der Waals surface area contributed by atoms with E-state index in [-0.39, 0.29) is 37.4 Å². The van der Waals surface area contributed by atoms with E-state index in [1.165, 1.54) is 43.6 Å². The third kappa shape index (κ3) is 3.89. The maximum atomic E-state index is 13.6. The number of methoxy groups -OCH3 is 1. The fourth-order valence-electron chi connectivity index (χ4n) is 3.60. The van der Waals surface area contributed by atoms with E-state index in [1.807, 2.05) is 0 Å². The lowest BCUT2D eigenvalue weighted by Gasteiger charge is -2.19. The molecule has 4 aromatic rings. The molecule has 1 N–H and O–H groups in total. The summed E-state index contributed by atoms with van der Waals surface area (Å²) in [6.07, 6.45) is -0.107. The fourth-order valence-corrected chi connectivity index (χ4v) is 5.77. The lowest BCUT2D eigenvalue weighted by molar-refractivity contribution is 0.0600. The predicted octanol–water partition coefficient (Wildman–Crippen LogP) is 4.76. The molecule has 7 nitrogen and oxygen atoms in total. The van der Waals surface area contributed by atoms with E-state index < -0.39 is 22.1 Å². The van der Waals surface area contributed by atoms with Gasteiger partial charge in [0.2, 0.25) is 0 Å². The van der Waals surface area contributed by atoms with E-state index in [0.29, 0.717) is 5.39 Å². The number of aromatic nitrogens is 2. The second kappa shape index (κ2) is 8.79. The van der Waals surface area contributed by atoms with Crippen LogP contribution in [-0.4, -0.2) is 35.6 Å². The van der Waals surface area contributed by atoms with Crippen molar-refractivity contribution in [2.75, 3.05) is 7.11 Å². The van der Waals surface area contributed by atoms with Gasteiger partial charge >= 0.3 is 5.97 Å². The third-order valence-corrected chi connectivity index (χ3v) is 7.74. The highest BCUT2D eigenvalue weighted by Gasteiger charge is 2.31. The molecule has 4 rings (SSSR count). The summed E-state index contributed by atoms with van der Waals surface area (Å²) in [7, 11) is -2.97. The second-order valence-electron chi connectivity index (χ2n) is 7.23. The minimum Gasteiger partial charge on any atom is -0.465 e. The van der Waals surface area contributed by atoms with Crippen LogP contribution in [-0.2, 0) is 14.8 Å². The highest BCUT2D eigenvalue weighted by atomic mass is 35.5. The van der Waals surface area contributed by atoms with Gasteiger partial charge in [-0.1, -0.05) is 41.4 Å². The van der Waals surface area contributed by atoms with E-state index in [4.69, 9.17) is 27.9 Å². The molecule has 0 fully saturated rings. The molecule has 1 atom stereocenters. The molecule has 1 unspecified atom stereocenters. The number of esters is 1. The van der Waals surface area contributed by atoms with Crippen molar-refractivity contribution in [3.8, 4) is 0 Å². The summed E-state index contributed by atoms with van der Waals surface area (Å²) < 4.78 is 33.0. The van der Waals surface area contributed by atoms with Crippen LogP contribution in [0.2, 0.25) is 10.0 Å². The van der Waals surface area contributed by atoms with Crippen molar-refractivity contribution >= 4 is 50.2 Å². The quantitative estimate of drug-likeness (QED) is 0.393. The number of carbonyl (C=O) groups is 1. The topological polar surface area (TPSA) is 98.5 Å². The van der Waals surface area contributed by atoms with E-state index in [9.17, 15) is 18.3 Å². The molecule has 0 saturated heterocycles. The maximum absolute atomic E-state index is 13.6. The van der Waals surface area contributed by atoms with Crippen molar-refractivity contribution < 1.29 is 23.1 Å². The molecule has 2 aromatic carbocycles. The lowest BCUT2D eigenvalue weighted by Crippen LogP contribution is -2.19. The number of ether oxygens (including phenoxy) is 1. The van der Waals surface area contributed by atoms with E-state index in [2.05, 4.69) is 4.98 Å². The highest BCUT2D eigenvalue weighted by molar-refractivity contribution is 7.90. The lowest BCUT2D eigenvalue weighted by atomic mass is 10.0. The highest BCUT2D eigenvalue weighted by Crippen LogP contribution is 2.39. The van der Waals surface area contributed by atoms with Gasteiger partial charge in [-0.15, -0.1) is 0 Å². The van der Waals surface area contributed by atoms with Crippen molar-refractivity contribution in [3.05, 3.63) is 93.2 Å². The summed E-state index contributed by atoms with van der Waals surface area (Å²) in [5.41, 5.74) is 0.841. The largest absolute Gasteiger partial charge is 0.465 e. The molecule has 0 radical (unpaired) electrons. The Bertz CT molecular complexity index is 1480. The van der Waals surface area contributed by atoms with Crippen LogP contribution < -0.4 is 0 Å². The van der Waals surface area contributed by atoms with E-state index in [0.717, 1.165) is 9.54 Å². The molecule has 0 amide bonds. The molecule has 170 valence electrons. The van der Waals surface area contributed by atoms with Gasteiger partial charge in [-0.3, -0.25) is 0 Å². The van der Waals surface area contributed by atoms with Crippen molar-refractivity contribution in [1.82, 2.24) is 8.96 Å².